The Kier molecular flexibility index (Phi) is 14.5. The Bertz CT molecular complexity index is 2140. The van der Waals surface area contributed by atoms with Crippen LogP contribution in [0.2, 0.25) is 0 Å². The average molecular weight is 1040 g/mol. The van der Waals surface area contributed by atoms with E-state index in [-0.39, 0.29) is 32.3 Å². The summed E-state index contributed by atoms with van der Waals surface area (Å²) >= 11 is 0. The van der Waals surface area contributed by atoms with E-state index in [4.69, 9.17) is 67.1 Å². The molecule has 0 aromatic carbocycles. The van der Waals surface area contributed by atoms with Crippen molar-refractivity contribution >= 4 is 23.7 Å². The highest BCUT2D eigenvalue weighted by atomic mass is 16.8. The molecule has 12 fully saturated rings. The first-order valence-electron chi connectivity index (χ1n) is 28.0. The van der Waals surface area contributed by atoms with Crippen LogP contribution >= 0.6 is 0 Å². The summed E-state index contributed by atoms with van der Waals surface area (Å²) in [4.78, 5) is 59.1. The molecule has 16 atom stereocenters. The second kappa shape index (κ2) is 20.8. The maximum absolute atomic E-state index is 14.5. The summed E-state index contributed by atoms with van der Waals surface area (Å²) < 4.78 is 83.8. The van der Waals surface area contributed by atoms with Gasteiger partial charge in [-0.1, -0.05) is 30.8 Å². The Morgan fingerprint density at radius 1 is 0.459 bits per heavy atom. The van der Waals surface area contributed by atoms with Crippen molar-refractivity contribution in [2.24, 2.45) is 5.11 Å². The molecule has 4 saturated carbocycles. The van der Waals surface area contributed by atoms with E-state index in [1.165, 1.54) is 0 Å². The van der Waals surface area contributed by atoms with Crippen LogP contribution in [0.1, 0.15) is 142 Å². The number of hydrogen-bond donors (Lipinski definition) is 3. The van der Waals surface area contributed by atoms with Gasteiger partial charge in [0.05, 0.1) is 18.8 Å². The van der Waals surface area contributed by atoms with Crippen LogP contribution in [0.4, 0.5) is 0 Å². The topological polar surface area (TPSA) is 273 Å². The third-order valence-electron chi connectivity index (χ3n) is 17.6. The molecular formula is C51H74N6O17. The third-order valence-corrected chi connectivity index (χ3v) is 17.6. The lowest BCUT2D eigenvalue weighted by Crippen LogP contribution is -2.48. The molecule has 3 N–H and O–H groups in total. The third kappa shape index (κ3) is 9.75. The standard InChI is InChI=1S/C51H74N6O17/c1-27(2)62-47(61)43-39-34(69-51(74-39)21-13-6-14-22-51)30(66-43)25-55-45(59)41-37-32(67-49(72-37)17-9-4-10-18-49)28(64-41)23-53-44(58)40-36-33(68-48(71-36)15-7-3-8-16-48)29(63-40)24-54-46(60)42-38-35(31(65-42)26-56-57-52)70-50(73-38)19-11-5-12-20-50/h27-43H,3-26H2,1-2H3,(H,53,58)(H,54,60)(H,55,59)/t28-,29-,30-,31-,32-,33-,34-,35-,36-,37-,38-,39-,40-,41-,42-,43-/m1/s1. The predicted molar refractivity (Wildman–Crippen MR) is 251 cm³/mol. The van der Waals surface area contributed by atoms with Crippen LogP contribution in [0.25, 0.3) is 10.4 Å². The lowest BCUT2D eigenvalue weighted by Gasteiger charge is -2.34. The molecule has 23 heteroatoms. The number of nitrogens with zero attached hydrogens (tertiary/aromatic N) is 3. The number of carbonyl (C=O) groups excluding carboxylic acids is 4. The first-order valence-corrected chi connectivity index (χ1v) is 28.0. The number of rotatable bonds is 13. The minimum atomic E-state index is -1.10. The van der Waals surface area contributed by atoms with E-state index < -0.39 is 145 Å². The van der Waals surface area contributed by atoms with Crippen molar-refractivity contribution in [2.45, 2.75) is 269 Å². The zero-order chi connectivity index (χ0) is 50.8. The molecule has 0 aromatic heterocycles. The van der Waals surface area contributed by atoms with Gasteiger partial charge in [0, 0.05) is 75.9 Å². The summed E-state index contributed by atoms with van der Waals surface area (Å²) in [6.45, 7) is 3.52. The average Bonchev–Trinajstić information content (AvgIpc) is 4.30. The Morgan fingerprint density at radius 2 is 0.743 bits per heavy atom. The van der Waals surface area contributed by atoms with Crippen LogP contribution in [0.3, 0.4) is 0 Å². The van der Waals surface area contributed by atoms with Crippen molar-refractivity contribution in [2.75, 3.05) is 26.2 Å². The Labute approximate surface area is 430 Å². The number of azide groups is 1. The summed E-state index contributed by atoms with van der Waals surface area (Å²) in [5, 5.41) is 12.8. The smallest absolute Gasteiger partial charge is 0.338 e. The van der Waals surface area contributed by atoms with E-state index in [0.29, 0.717) is 51.4 Å². The summed E-state index contributed by atoms with van der Waals surface area (Å²) in [6.07, 6.45) is 4.26. The van der Waals surface area contributed by atoms with E-state index in [1.54, 1.807) is 13.8 Å². The predicted octanol–water partition coefficient (Wildman–Crippen LogP) is 3.44. The number of fused-ring (bicyclic) bond motifs is 4. The lowest BCUT2D eigenvalue weighted by molar-refractivity contribution is -0.226. The molecule has 12 rings (SSSR count). The van der Waals surface area contributed by atoms with Gasteiger partial charge >= 0.3 is 5.97 Å². The largest absolute Gasteiger partial charge is 0.461 e. The van der Waals surface area contributed by atoms with Crippen LogP contribution in [0.5, 0.6) is 0 Å². The second-order valence-corrected chi connectivity index (χ2v) is 23.1. The molecule has 3 amide bonds. The molecular weight excluding hydrogens is 969 g/mol. The zero-order valence-corrected chi connectivity index (χ0v) is 42.6. The highest BCUT2D eigenvalue weighted by Crippen LogP contribution is 2.50. The zero-order valence-electron chi connectivity index (χ0n) is 42.6. The number of esters is 1. The molecule has 0 unspecified atom stereocenters. The summed E-state index contributed by atoms with van der Waals surface area (Å²) in [5.41, 5.74) is 9.09. The van der Waals surface area contributed by atoms with Crippen LogP contribution in [0.15, 0.2) is 5.11 Å². The number of ether oxygens (including phenoxy) is 13. The Morgan fingerprint density at radius 3 is 1.07 bits per heavy atom. The number of carbonyl (C=O) groups is 4. The fourth-order valence-corrected chi connectivity index (χ4v) is 14.2. The van der Waals surface area contributed by atoms with Crippen molar-refractivity contribution in [3.63, 3.8) is 0 Å². The molecule has 0 radical (unpaired) electrons. The molecule has 4 spiro atoms. The molecule has 23 nitrogen and oxygen atoms in total. The van der Waals surface area contributed by atoms with E-state index >= 15 is 0 Å². The van der Waals surface area contributed by atoms with E-state index in [2.05, 4.69) is 26.0 Å². The molecule has 410 valence electrons. The fraction of sp³-hybridized carbons (Fsp3) is 0.922. The normalized spacial score (nSPS) is 41.7. The Hall–Kier alpha value is -3.29. The van der Waals surface area contributed by atoms with Crippen molar-refractivity contribution < 1.29 is 80.8 Å². The number of hydrogen-bond acceptors (Lipinski definition) is 18. The van der Waals surface area contributed by atoms with Crippen molar-refractivity contribution in [1.82, 2.24) is 16.0 Å². The molecule has 4 aliphatic carbocycles. The van der Waals surface area contributed by atoms with E-state index in [0.717, 1.165) is 77.0 Å². The van der Waals surface area contributed by atoms with Gasteiger partial charge in [-0.15, -0.1) is 0 Å². The summed E-state index contributed by atoms with van der Waals surface area (Å²) in [6, 6.07) is 0. The van der Waals surface area contributed by atoms with Gasteiger partial charge < -0.3 is 77.5 Å². The van der Waals surface area contributed by atoms with Gasteiger partial charge in [-0.2, -0.15) is 0 Å². The van der Waals surface area contributed by atoms with Crippen molar-refractivity contribution in [3.05, 3.63) is 10.4 Å². The number of nitrogens with one attached hydrogen (secondary N) is 3. The molecule has 8 aliphatic heterocycles. The molecule has 0 aromatic rings. The summed E-state index contributed by atoms with van der Waals surface area (Å²) in [7, 11) is 0. The van der Waals surface area contributed by atoms with Gasteiger partial charge in [0.15, 0.2) is 47.6 Å². The number of amides is 3. The van der Waals surface area contributed by atoms with E-state index in [9.17, 15) is 19.2 Å². The SMILES string of the molecule is CC(C)OC(=O)[C@@H]1O[C@H](CNC(=O)[C@@H]2O[C@H](CNC(=O)[C@@H]3O[C@H](CNC(=O)[C@@H]4O[C@H](CN=[N+]=[N-])[C@H]5OC6(CCCCC6)O[C@H]54)[C@H]4OC5(CCCCC5)O[C@H]43)[C@H]3OC4(CCCCC4)O[C@H]32)[C@H]2OC3(CCCCC3)O[C@H]21. The van der Waals surface area contributed by atoms with Crippen molar-refractivity contribution in [3.8, 4) is 0 Å². The van der Waals surface area contributed by atoms with Gasteiger partial charge in [0.2, 0.25) is 0 Å². The monoisotopic (exact) mass is 1040 g/mol. The first kappa shape index (κ1) is 51.5. The Balaban J connectivity index is 0.709. The maximum atomic E-state index is 14.5. The highest BCUT2D eigenvalue weighted by molar-refractivity contribution is 5.84. The molecule has 0 bridgehead atoms. The molecule has 8 heterocycles. The quantitative estimate of drug-likeness (QED) is 0.103. The molecule has 12 aliphatic rings. The lowest BCUT2D eigenvalue weighted by atomic mass is 9.94. The van der Waals surface area contributed by atoms with Gasteiger partial charge in [0.25, 0.3) is 17.7 Å². The minimum Gasteiger partial charge on any atom is -0.461 e. The van der Waals surface area contributed by atoms with Crippen LogP contribution in [-0.2, 0) is 80.8 Å². The first-order chi connectivity index (χ1) is 35.9. The van der Waals surface area contributed by atoms with Gasteiger partial charge in [-0.25, -0.2) is 4.79 Å². The molecule has 8 saturated heterocycles. The van der Waals surface area contributed by atoms with Crippen LogP contribution in [0, 0.1) is 0 Å². The van der Waals surface area contributed by atoms with Gasteiger partial charge in [-0.05, 0) is 70.7 Å². The fourth-order valence-electron chi connectivity index (χ4n) is 14.2. The minimum absolute atomic E-state index is 0.00956. The van der Waals surface area contributed by atoms with Crippen LogP contribution < -0.4 is 16.0 Å². The van der Waals surface area contributed by atoms with Crippen LogP contribution in [-0.4, -0.2) is 177 Å². The summed E-state index contributed by atoms with van der Waals surface area (Å²) in [5.74, 6) is -5.23. The molecule has 74 heavy (non-hydrogen) atoms. The second-order valence-electron chi connectivity index (χ2n) is 23.1. The van der Waals surface area contributed by atoms with Gasteiger partial charge in [0.1, 0.15) is 67.1 Å². The van der Waals surface area contributed by atoms with Gasteiger partial charge in [-0.3, -0.25) is 14.4 Å². The van der Waals surface area contributed by atoms with Crippen molar-refractivity contribution in [1.29, 1.82) is 0 Å². The highest BCUT2D eigenvalue weighted by Gasteiger charge is 2.65. The van der Waals surface area contributed by atoms with E-state index in [1.807, 2.05) is 0 Å². The maximum Gasteiger partial charge on any atom is 0.338 e.